The summed E-state index contributed by atoms with van der Waals surface area (Å²) in [5, 5.41) is -0.961. The minimum Gasteiger partial charge on any atom is -0.429 e. The Morgan fingerprint density at radius 2 is 1.19 bits per heavy atom. The van der Waals surface area contributed by atoms with Gasteiger partial charge in [0.25, 0.3) is 0 Å². The molecule has 0 heterocycles. The Bertz CT molecular complexity index is 339. The molecule has 0 radical (unpaired) electrons. The summed E-state index contributed by atoms with van der Waals surface area (Å²) in [5.41, 5.74) is 0. The first-order chi connectivity index (χ1) is 9.04. The molecule has 0 atom stereocenters. The summed E-state index contributed by atoms with van der Waals surface area (Å²) in [7, 11) is -7.42. The summed E-state index contributed by atoms with van der Waals surface area (Å²) >= 11 is 0. The molecule has 4 nitrogen and oxygen atoms in total. The van der Waals surface area contributed by atoms with E-state index < -0.39 is 35.6 Å². The van der Waals surface area contributed by atoms with Crippen molar-refractivity contribution in [3.8, 4) is 0 Å². The van der Waals surface area contributed by atoms with Crippen molar-refractivity contribution in [1.29, 1.82) is 0 Å². The monoisotopic (exact) mass is 352 g/mol. The summed E-state index contributed by atoms with van der Waals surface area (Å²) in [5.74, 6) is 0. The van der Waals surface area contributed by atoms with Gasteiger partial charge in [0.2, 0.25) is 16.6 Å². The van der Waals surface area contributed by atoms with Crippen LogP contribution in [0.15, 0.2) is 0 Å². The van der Waals surface area contributed by atoms with E-state index in [1.54, 1.807) is 13.1 Å². The van der Waals surface area contributed by atoms with Gasteiger partial charge in [-0.1, -0.05) is 13.8 Å². The van der Waals surface area contributed by atoms with Gasteiger partial charge in [0.05, 0.1) is 10.4 Å². The topological polar surface area (TPSA) is 58.9 Å². The third kappa shape index (κ3) is 5.26. The molecule has 0 aliphatic heterocycles. The molecule has 7 heteroatoms. The van der Waals surface area contributed by atoms with E-state index in [1.165, 1.54) is 0 Å². The minimum atomic E-state index is -2.64. The van der Waals surface area contributed by atoms with Gasteiger partial charge >= 0.3 is 8.56 Å². The third-order valence-corrected chi connectivity index (χ3v) is 13.0. The first-order valence-electron chi connectivity index (χ1n) is 7.89. The maximum absolute atomic E-state index is 10.7. The fourth-order valence-corrected chi connectivity index (χ4v) is 10.7. The average molecular weight is 353 g/mol. The number of rotatable bonds is 8. The lowest BCUT2D eigenvalue weighted by Crippen LogP contribution is -2.67. The van der Waals surface area contributed by atoms with Crippen LogP contribution in [0.3, 0.4) is 0 Å². The van der Waals surface area contributed by atoms with Crippen LogP contribution in [0, 0.1) is 0 Å². The Morgan fingerprint density at radius 3 is 1.43 bits per heavy atom. The van der Waals surface area contributed by atoms with Gasteiger partial charge < -0.3 is 18.4 Å². The zero-order chi connectivity index (χ0) is 17.3. The van der Waals surface area contributed by atoms with E-state index in [0.29, 0.717) is 0 Å². The van der Waals surface area contributed by atoms with Gasteiger partial charge in [-0.2, -0.15) is 0 Å². The smallest absolute Gasteiger partial charge is 0.329 e. The fourth-order valence-electron chi connectivity index (χ4n) is 2.74. The molecule has 21 heavy (non-hydrogen) atoms. The lowest BCUT2D eigenvalue weighted by molar-refractivity contribution is 0.0562. The molecule has 0 unspecified atom stereocenters. The van der Waals surface area contributed by atoms with Gasteiger partial charge in [0.15, 0.2) is 0 Å². The van der Waals surface area contributed by atoms with Crippen molar-refractivity contribution in [3.63, 3.8) is 0 Å². The quantitative estimate of drug-likeness (QED) is 0.656. The van der Waals surface area contributed by atoms with Crippen molar-refractivity contribution in [2.45, 2.75) is 90.3 Å². The highest BCUT2D eigenvalue weighted by Gasteiger charge is 2.54. The summed E-state index contributed by atoms with van der Waals surface area (Å²) < 4.78 is 12.6. The summed E-state index contributed by atoms with van der Waals surface area (Å²) in [6.45, 7) is 19.9. The zero-order valence-corrected chi connectivity index (χ0v) is 18.6. The van der Waals surface area contributed by atoms with Gasteiger partial charge in [-0.05, 0) is 66.0 Å². The largest absolute Gasteiger partial charge is 0.429 e. The van der Waals surface area contributed by atoms with Gasteiger partial charge in [-0.15, -0.1) is 0 Å². The second-order valence-electron chi connectivity index (χ2n) is 7.93. The van der Waals surface area contributed by atoms with Crippen molar-refractivity contribution in [1.82, 2.24) is 0 Å². The van der Waals surface area contributed by atoms with E-state index in [-0.39, 0.29) is 0 Å². The van der Waals surface area contributed by atoms with Crippen LogP contribution in [-0.2, 0) is 8.85 Å². The van der Waals surface area contributed by atoms with Crippen molar-refractivity contribution in [2.75, 3.05) is 0 Å². The zero-order valence-electron chi connectivity index (χ0n) is 15.6. The molecule has 0 aliphatic carbocycles. The summed E-state index contributed by atoms with van der Waals surface area (Å²) in [4.78, 5) is 20.9. The van der Waals surface area contributed by atoms with Gasteiger partial charge in [-0.3, -0.25) is 0 Å². The molecule has 0 aromatic carbocycles. The molecular weight excluding hydrogens is 316 g/mol. The number of hydrogen-bond donors (Lipinski definition) is 2. The SMILES string of the molecule is CCC(CC)(O[Si](C)(C)C(C)(C)O[Si](C)(C)O)[Si](C)(C)O. The van der Waals surface area contributed by atoms with Crippen LogP contribution < -0.4 is 0 Å². The van der Waals surface area contributed by atoms with Crippen molar-refractivity contribution < 1.29 is 18.4 Å². The lowest BCUT2D eigenvalue weighted by Gasteiger charge is -2.51. The van der Waals surface area contributed by atoms with Crippen molar-refractivity contribution >= 4 is 25.2 Å². The second-order valence-corrected chi connectivity index (χ2v) is 19.5. The van der Waals surface area contributed by atoms with E-state index >= 15 is 0 Å². The molecule has 0 saturated carbocycles. The molecule has 2 N–H and O–H groups in total. The number of hydrogen-bond acceptors (Lipinski definition) is 4. The van der Waals surface area contributed by atoms with Crippen LogP contribution in [0.25, 0.3) is 0 Å². The third-order valence-electron chi connectivity index (χ3n) is 4.66. The Hall–Kier alpha value is 0.491. The van der Waals surface area contributed by atoms with Crippen LogP contribution in [0.4, 0.5) is 0 Å². The van der Waals surface area contributed by atoms with Crippen LogP contribution in [0.1, 0.15) is 40.5 Å². The van der Waals surface area contributed by atoms with Gasteiger partial charge in [-0.25, -0.2) is 0 Å². The Labute approximate surface area is 134 Å². The highest BCUT2D eigenvalue weighted by atomic mass is 28.4. The molecule has 0 rings (SSSR count). The highest BCUT2D eigenvalue weighted by Crippen LogP contribution is 2.38. The Morgan fingerprint density at radius 1 is 0.810 bits per heavy atom. The van der Waals surface area contributed by atoms with Crippen LogP contribution >= 0.6 is 0 Å². The maximum atomic E-state index is 10.7. The molecule has 0 aromatic heterocycles. The fraction of sp³-hybridized carbons (Fsp3) is 1.00. The lowest BCUT2D eigenvalue weighted by atomic mass is 10.2. The Balaban J connectivity index is 5.51. The van der Waals surface area contributed by atoms with Gasteiger partial charge in [0, 0.05) is 0 Å². The van der Waals surface area contributed by atoms with Crippen LogP contribution in [-0.4, -0.2) is 45.2 Å². The first kappa shape index (κ1) is 21.5. The molecule has 0 fully saturated rings. The summed E-state index contributed by atoms with van der Waals surface area (Å²) in [6.07, 6.45) is 1.59. The van der Waals surface area contributed by atoms with Gasteiger partial charge in [0.1, 0.15) is 0 Å². The average Bonchev–Trinajstić information content (AvgIpc) is 2.20. The molecule has 0 aliphatic rings. The second kappa shape index (κ2) is 6.54. The standard InChI is InChI=1S/C14H36O4Si3/c1-11-14(12-2,19(5,6)15)18-20(7,8)13(3,4)17-21(9,10)16/h15-16H,11-12H2,1-10H3. The van der Waals surface area contributed by atoms with E-state index in [9.17, 15) is 9.59 Å². The molecule has 0 saturated heterocycles. The molecule has 0 amide bonds. The molecule has 128 valence electrons. The first-order valence-corrected chi connectivity index (χ1v) is 16.6. The van der Waals surface area contributed by atoms with Crippen molar-refractivity contribution in [2.24, 2.45) is 0 Å². The van der Waals surface area contributed by atoms with Crippen LogP contribution in [0.5, 0.6) is 0 Å². The van der Waals surface area contributed by atoms with Crippen molar-refractivity contribution in [3.05, 3.63) is 0 Å². The molecule has 0 aromatic rings. The maximum Gasteiger partial charge on any atom is 0.329 e. The minimum absolute atomic E-state index is 0.454. The van der Waals surface area contributed by atoms with Crippen LogP contribution in [0.2, 0.25) is 39.3 Å². The predicted molar refractivity (Wildman–Crippen MR) is 96.4 cm³/mol. The Kier molecular flexibility index (Phi) is 6.70. The van der Waals surface area contributed by atoms with E-state index in [2.05, 4.69) is 26.9 Å². The summed E-state index contributed by atoms with van der Waals surface area (Å²) in [6, 6.07) is 0. The predicted octanol–water partition coefficient (Wildman–Crippen LogP) is 3.53. The van der Waals surface area contributed by atoms with E-state index in [1.807, 2.05) is 26.9 Å². The molecular formula is C14H36O4Si3. The normalized spacial score (nSPS) is 15.4. The highest BCUT2D eigenvalue weighted by molar-refractivity contribution is 6.78. The molecule has 0 spiro atoms. The van der Waals surface area contributed by atoms with E-state index in [0.717, 1.165) is 12.8 Å². The van der Waals surface area contributed by atoms with E-state index in [4.69, 9.17) is 8.85 Å². The molecule has 0 bridgehead atoms.